The molecule has 0 bridgehead atoms. The van der Waals surface area contributed by atoms with Crippen LogP contribution in [-0.2, 0) is 6.42 Å². The van der Waals surface area contributed by atoms with Crippen molar-refractivity contribution in [2.24, 2.45) is 0 Å². The van der Waals surface area contributed by atoms with Crippen molar-refractivity contribution < 1.29 is 9.21 Å². The van der Waals surface area contributed by atoms with E-state index in [2.05, 4.69) is 5.32 Å². The van der Waals surface area contributed by atoms with Crippen molar-refractivity contribution in [1.82, 2.24) is 5.32 Å². The van der Waals surface area contributed by atoms with Crippen molar-refractivity contribution in [2.75, 3.05) is 12.4 Å². The van der Waals surface area contributed by atoms with Crippen LogP contribution in [-0.4, -0.2) is 18.3 Å². The van der Waals surface area contributed by atoms with E-state index in [-0.39, 0.29) is 5.91 Å². The molecule has 1 N–H and O–H groups in total. The molecule has 0 radical (unpaired) electrons. The Kier molecular flexibility index (Phi) is 3.83. The lowest BCUT2D eigenvalue weighted by atomic mass is 10.3. The topological polar surface area (TPSA) is 42.2 Å². The van der Waals surface area contributed by atoms with Gasteiger partial charge < -0.3 is 9.73 Å². The third-order valence-corrected chi connectivity index (χ3v) is 1.80. The maximum atomic E-state index is 11.3. The van der Waals surface area contributed by atoms with Gasteiger partial charge in [-0.1, -0.05) is 6.92 Å². The molecule has 0 spiro atoms. The molecule has 1 aromatic heterocycles. The predicted octanol–water partition coefficient (Wildman–Crippen LogP) is 1.81. The molecular formula is C9H12ClNO2. The molecule has 1 aromatic rings. The van der Waals surface area contributed by atoms with Crippen LogP contribution < -0.4 is 5.32 Å². The first-order valence-corrected chi connectivity index (χ1v) is 4.74. The van der Waals surface area contributed by atoms with Crippen LogP contribution in [0.15, 0.2) is 16.5 Å². The molecule has 3 nitrogen and oxygen atoms in total. The van der Waals surface area contributed by atoms with Crippen molar-refractivity contribution >= 4 is 17.5 Å². The Morgan fingerprint density at radius 1 is 1.62 bits per heavy atom. The second kappa shape index (κ2) is 4.92. The maximum Gasteiger partial charge on any atom is 0.287 e. The van der Waals surface area contributed by atoms with E-state index in [0.717, 1.165) is 12.2 Å². The van der Waals surface area contributed by atoms with Crippen molar-refractivity contribution in [1.29, 1.82) is 0 Å². The Labute approximate surface area is 82.1 Å². The van der Waals surface area contributed by atoms with Crippen LogP contribution in [0.2, 0.25) is 0 Å². The minimum absolute atomic E-state index is 0.208. The summed E-state index contributed by atoms with van der Waals surface area (Å²) in [5, 5.41) is 2.62. The lowest BCUT2D eigenvalue weighted by Gasteiger charge is -1.98. The van der Waals surface area contributed by atoms with E-state index in [1.165, 1.54) is 0 Å². The van der Waals surface area contributed by atoms with Crippen LogP contribution in [0.4, 0.5) is 0 Å². The van der Waals surface area contributed by atoms with Crippen LogP contribution in [0.3, 0.4) is 0 Å². The smallest absolute Gasteiger partial charge is 0.287 e. The van der Waals surface area contributed by atoms with E-state index in [1.54, 1.807) is 12.1 Å². The van der Waals surface area contributed by atoms with Gasteiger partial charge in [0.1, 0.15) is 5.76 Å². The van der Waals surface area contributed by atoms with Gasteiger partial charge in [-0.05, 0) is 12.1 Å². The summed E-state index contributed by atoms with van der Waals surface area (Å²) in [4.78, 5) is 11.3. The van der Waals surface area contributed by atoms with Crippen LogP contribution in [0.5, 0.6) is 0 Å². The molecule has 0 aliphatic rings. The lowest BCUT2D eigenvalue weighted by Crippen LogP contribution is -2.24. The normalized spacial score (nSPS) is 10.0. The molecule has 0 saturated carbocycles. The molecule has 0 aromatic carbocycles. The average molecular weight is 202 g/mol. The maximum absolute atomic E-state index is 11.3. The molecule has 0 atom stereocenters. The predicted molar refractivity (Wildman–Crippen MR) is 51.1 cm³/mol. The summed E-state index contributed by atoms with van der Waals surface area (Å²) in [6.45, 7) is 2.43. The third kappa shape index (κ3) is 2.77. The molecule has 0 unspecified atom stereocenters. The standard InChI is InChI=1S/C9H12ClNO2/c1-2-7-3-4-8(13-7)9(12)11-6-5-10/h3-4H,2,5-6H2,1H3,(H,11,12). The fraction of sp³-hybridized carbons (Fsp3) is 0.444. The summed E-state index contributed by atoms with van der Waals surface area (Å²) in [5.74, 6) is 1.37. The van der Waals surface area contributed by atoms with E-state index >= 15 is 0 Å². The van der Waals surface area contributed by atoms with Gasteiger partial charge in [0.15, 0.2) is 5.76 Å². The number of hydrogen-bond acceptors (Lipinski definition) is 2. The Morgan fingerprint density at radius 2 is 2.38 bits per heavy atom. The number of nitrogens with one attached hydrogen (secondary N) is 1. The number of aryl methyl sites for hydroxylation is 1. The quantitative estimate of drug-likeness (QED) is 0.755. The van der Waals surface area contributed by atoms with Crippen molar-refractivity contribution in [3.8, 4) is 0 Å². The van der Waals surface area contributed by atoms with Crippen molar-refractivity contribution in [2.45, 2.75) is 13.3 Å². The van der Waals surface area contributed by atoms with Crippen molar-refractivity contribution in [3.05, 3.63) is 23.7 Å². The molecule has 1 rings (SSSR count). The third-order valence-electron chi connectivity index (χ3n) is 1.61. The summed E-state index contributed by atoms with van der Waals surface area (Å²) in [6.07, 6.45) is 0.794. The van der Waals surface area contributed by atoms with E-state index in [1.807, 2.05) is 6.92 Å². The summed E-state index contributed by atoms with van der Waals surface area (Å²) < 4.78 is 5.24. The zero-order valence-corrected chi connectivity index (χ0v) is 8.23. The molecule has 0 aliphatic carbocycles. The average Bonchev–Trinajstić information content (AvgIpc) is 2.62. The monoisotopic (exact) mass is 201 g/mol. The van der Waals surface area contributed by atoms with Crippen LogP contribution >= 0.6 is 11.6 Å². The summed E-state index contributed by atoms with van der Waals surface area (Å²) in [5.41, 5.74) is 0. The molecule has 0 fully saturated rings. The molecule has 72 valence electrons. The van der Waals surface area contributed by atoms with Gasteiger partial charge in [-0.25, -0.2) is 0 Å². The Hall–Kier alpha value is -0.960. The number of rotatable bonds is 4. The molecule has 1 amide bonds. The highest BCUT2D eigenvalue weighted by Crippen LogP contribution is 2.07. The summed E-state index contributed by atoms with van der Waals surface area (Å²) in [6, 6.07) is 3.47. The fourth-order valence-electron chi connectivity index (χ4n) is 0.938. The fourth-order valence-corrected chi connectivity index (χ4v) is 1.03. The first-order valence-electron chi connectivity index (χ1n) is 4.20. The molecule has 0 saturated heterocycles. The number of hydrogen-bond donors (Lipinski definition) is 1. The molecule has 13 heavy (non-hydrogen) atoms. The van der Waals surface area contributed by atoms with E-state index in [9.17, 15) is 4.79 Å². The SMILES string of the molecule is CCc1ccc(C(=O)NCCCl)o1. The van der Waals surface area contributed by atoms with E-state index in [4.69, 9.17) is 16.0 Å². The first-order chi connectivity index (χ1) is 6.27. The highest BCUT2D eigenvalue weighted by molar-refractivity contribution is 6.18. The number of amides is 1. The zero-order valence-electron chi connectivity index (χ0n) is 7.47. The minimum Gasteiger partial charge on any atom is -0.456 e. The van der Waals surface area contributed by atoms with Crippen LogP contribution in [0.25, 0.3) is 0 Å². The minimum atomic E-state index is -0.208. The molecule has 1 heterocycles. The van der Waals surface area contributed by atoms with Gasteiger partial charge in [0.05, 0.1) is 0 Å². The zero-order chi connectivity index (χ0) is 9.68. The number of furan rings is 1. The molecule has 0 aliphatic heterocycles. The van der Waals surface area contributed by atoms with Crippen molar-refractivity contribution in [3.63, 3.8) is 0 Å². The Balaban J connectivity index is 2.55. The summed E-state index contributed by atoms with van der Waals surface area (Å²) in [7, 11) is 0. The number of alkyl halides is 1. The highest BCUT2D eigenvalue weighted by atomic mass is 35.5. The number of halogens is 1. The second-order valence-corrected chi connectivity index (χ2v) is 2.94. The van der Waals surface area contributed by atoms with Gasteiger partial charge in [-0.2, -0.15) is 0 Å². The van der Waals surface area contributed by atoms with Gasteiger partial charge in [0.25, 0.3) is 5.91 Å². The molecule has 4 heteroatoms. The second-order valence-electron chi connectivity index (χ2n) is 2.56. The lowest BCUT2D eigenvalue weighted by molar-refractivity contribution is 0.0927. The van der Waals surface area contributed by atoms with Crippen LogP contribution in [0.1, 0.15) is 23.2 Å². The van der Waals surface area contributed by atoms with Gasteiger partial charge in [0.2, 0.25) is 0 Å². The highest BCUT2D eigenvalue weighted by Gasteiger charge is 2.08. The van der Waals surface area contributed by atoms with E-state index in [0.29, 0.717) is 18.2 Å². The van der Waals surface area contributed by atoms with Gasteiger partial charge in [-0.3, -0.25) is 4.79 Å². The number of carbonyl (C=O) groups excluding carboxylic acids is 1. The molecular weight excluding hydrogens is 190 g/mol. The van der Waals surface area contributed by atoms with Gasteiger partial charge in [0, 0.05) is 18.8 Å². The van der Waals surface area contributed by atoms with Crippen LogP contribution in [0, 0.1) is 0 Å². The number of carbonyl (C=O) groups is 1. The Morgan fingerprint density at radius 3 is 2.92 bits per heavy atom. The Bertz CT molecular complexity index is 283. The first kappa shape index (κ1) is 10.1. The summed E-state index contributed by atoms with van der Waals surface area (Å²) >= 11 is 5.42. The van der Waals surface area contributed by atoms with E-state index < -0.39 is 0 Å². The van der Waals surface area contributed by atoms with Gasteiger partial charge >= 0.3 is 0 Å². The van der Waals surface area contributed by atoms with Gasteiger partial charge in [-0.15, -0.1) is 11.6 Å². The largest absolute Gasteiger partial charge is 0.456 e.